The number of carboxylic acids is 4. The van der Waals surface area contributed by atoms with Crippen LogP contribution in [0.3, 0.4) is 0 Å². The van der Waals surface area contributed by atoms with Crippen LogP contribution in [0, 0.1) is 46.3 Å². The normalized spacial score (nSPS) is 30.8. The largest absolute Gasteiger partial charge is 0.480 e. The van der Waals surface area contributed by atoms with Crippen LogP contribution in [0.5, 0.6) is 0 Å². The van der Waals surface area contributed by atoms with Gasteiger partial charge in [-0.1, -0.05) is 20.8 Å². The molecule has 4 aliphatic carbocycles. The first-order valence-electron chi connectivity index (χ1n) is 22.9. The number of nitrogens with zero attached hydrogens (tertiary/aromatic N) is 3. The molecule has 4 fully saturated rings. The molecule has 1 amide bonds. The third kappa shape index (κ3) is 13.9. The Hall–Kier alpha value is -3.79. The van der Waals surface area contributed by atoms with Crippen LogP contribution in [0.4, 0.5) is 0 Å². The van der Waals surface area contributed by atoms with E-state index in [9.17, 15) is 69.3 Å². The van der Waals surface area contributed by atoms with E-state index in [-0.39, 0.29) is 86.0 Å². The molecule has 3 unspecified atom stereocenters. The van der Waals surface area contributed by atoms with Crippen LogP contribution in [0.15, 0.2) is 0 Å². The number of aliphatic hydroxyl groups excluding tert-OH is 3. The summed E-state index contributed by atoms with van der Waals surface area (Å²) in [6, 6.07) is -1.21. The standard InChI is InChI=1S/C44H73N5O15/c1-26(29-8-9-30-41-31(20-34(52)44(29,30)3)43(2)12-11-28(50)18-27(43)19-33(41)51)7-10-35(53)46-32(6-4-5-13-45)42(63)64-40(62)25-47(14-16-48(21-36(54)55)22-37(56)57)15-17-49(23-38(58)59)24-39(60)61/h26-34,41,50-52H,4-25,45H2,1-3H3,(H,46,53)(H,54,55)(H,56,57)(H,58,59)(H,60,61)/t26-,27+,28-,29-,30?,31?,32+,33-,34+,41?,43+,44-/m1/s1. The first kappa shape index (κ1) is 52.8. The topological polar surface area (TPSA) is 318 Å². The number of hydrogen-bond donors (Lipinski definition) is 9. The van der Waals surface area contributed by atoms with E-state index >= 15 is 0 Å². The van der Waals surface area contributed by atoms with Crippen molar-refractivity contribution in [3.05, 3.63) is 0 Å². The predicted molar refractivity (Wildman–Crippen MR) is 228 cm³/mol. The molecule has 0 saturated heterocycles. The Morgan fingerprint density at radius 1 is 0.719 bits per heavy atom. The Morgan fingerprint density at radius 2 is 1.28 bits per heavy atom. The highest BCUT2D eigenvalue weighted by atomic mass is 16.6. The monoisotopic (exact) mass is 912 g/mol. The zero-order chi connectivity index (χ0) is 47.5. The minimum atomic E-state index is -1.30. The molecule has 20 nitrogen and oxygen atoms in total. The molecule has 0 aromatic heterocycles. The maximum absolute atomic E-state index is 13.5. The lowest BCUT2D eigenvalue weighted by molar-refractivity contribution is -0.207. The van der Waals surface area contributed by atoms with Crippen molar-refractivity contribution in [2.24, 2.45) is 52.1 Å². The number of fused-ring (bicyclic) bond motifs is 5. The van der Waals surface area contributed by atoms with Crippen LogP contribution in [0.1, 0.15) is 97.8 Å². The van der Waals surface area contributed by atoms with Gasteiger partial charge in [0.25, 0.3) is 0 Å². The maximum Gasteiger partial charge on any atom is 0.336 e. The molecule has 4 aliphatic rings. The summed E-state index contributed by atoms with van der Waals surface area (Å²) in [5.41, 5.74) is 5.17. The zero-order valence-electron chi connectivity index (χ0n) is 37.6. The van der Waals surface area contributed by atoms with Crippen LogP contribution in [-0.4, -0.2) is 182 Å². The van der Waals surface area contributed by atoms with Crippen molar-refractivity contribution in [3.63, 3.8) is 0 Å². The molecule has 4 saturated carbocycles. The number of rotatable bonds is 26. The third-order valence-corrected chi connectivity index (χ3v) is 15.4. The van der Waals surface area contributed by atoms with Crippen molar-refractivity contribution in [2.75, 3.05) is 65.4 Å². The van der Waals surface area contributed by atoms with E-state index < -0.39 is 98.1 Å². The lowest BCUT2D eigenvalue weighted by Gasteiger charge is -2.63. The molecule has 64 heavy (non-hydrogen) atoms. The van der Waals surface area contributed by atoms with Gasteiger partial charge >= 0.3 is 35.8 Å². The molecular formula is C44H73N5O15. The third-order valence-electron chi connectivity index (χ3n) is 15.4. The molecule has 10 N–H and O–H groups in total. The van der Waals surface area contributed by atoms with Crippen molar-refractivity contribution in [1.82, 2.24) is 20.0 Å². The van der Waals surface area contributed by atoms with Gasteiger partial charge in [-0.3, -0.25) is 43.5 Å². The number of carbonyl (C=O) groups excluding carboxylic acids is 3. The highest BCUT2D eigenvalue weighted by Crippen LogP contribution is 2.68. The zero-order valence-corrected chi connectivity index (χ0v) is 37.6. The number of aliphatic carboxylic acids is 4. The first-order valence-corrected chi connectivity index (χ1v) is 22.9. The second kappa shape index (κ2) is 23.6. The molecule has 12 atom stereocenters. The summed E-state index contributed by atoms with van der Waals surface area (Å²) in [5.74, 6) is -7.12. The molecule has 0 aromatic rings. The Bertz CT molecular complexity index is 1580. The summed E-state index contributed by atoms with van der Waals surface area (Å²) in [4.78, 5) is 89.3. The highest BCUT2D eigenvalue weighted by Gasteiger charge is 2.65. The van der Waals surface area contributed by atoms with E-state index in [0.717, 1.165) is 35.5 Å². The summed E-state index contributed by atoms with van der Waals surface area (Å²) in [6.07, 6.45) is 5.36. The quantitative estimate of drug-likeness (QED) is 0.0320. The van der Waals surface area contributed by atoms with Crippen molar-refractivity contribution in [1.29, 1.82) is 0 Å². The first-order chi connectivity index (χ1) is 30.1. The second-order valence-electron chi connectivity index (χ2n) is 19.5. The van der Waals surface area contributed by atoms with Gasteiger partial charge in [0, 0.05) is 32.6 Å². The molecular weight excluding hydrogens is 839 g/mol. The van der Waals surface area contributed by atoms with Crippen LogP contribution >= 0.6 is 0 Å². The van der Waals surface area contributed by atoms with Crippen molar-refractivity contribution in [2.45, 2.75) is 122 Å². The minimum Gasteiger partial charge on any atom is -0.480 e. The number of carbonyl (C=O) groups is 7. The smallest absolute Gasteiger partial charge is 0.336 e. The minimum absolute atomic E-state index is 0.0138. The van der Waals surface area contributed by atoms with E-state index in [1.165, 1.54) is 4.90 Å². The van der Waals surface area contributed by atoms with Crippen LogP contribution < -0.4 is 11.1 Å². The van der Waals surface area contributed by atoms with Crippen LogP contribution in [0.25, 0.3) is 0 Å². The molecule has 364 valence electrons. The van der Waals surface area contributed by atoms with Gasteiger partial charge in [-0.05, 0) is 124 Å². The number of aliphatic hydroxyl groups is 3. The Labute approximate surface area is 374 Å². The summed E-state index contributed by atoms with van der Waals surface area (Å²) in [6.45, 7) is 3.02. The van der Waals surface area contributed by atoms with Gasteiger partial charge in [-0.15, -0.1) is 0 Å². The Balaban J connectivity index is 1.39. The number of nitrogens with two attached hydrogens (primary N) is 1. The Morgan fingerprint density at radius 3 is 1.83 bits per heavy atom. The fourth-order valence-electron chi connectivity index (χ4n) is 12.1. The molecule has 4 rings (SSSR count). The average Bonchev–Trinajstić information content (AvgIpc) is 3.55. The van der Waals surface area contributed by atoms with Crippen molar-refractivity contribution >= 4 is 41.7 Å². The number of esters is 2. The predicted octanol–water partition coefficient (Wildman–Crippen LogP) is 0.292. The summed E-state index contributed by atoms with van der Waals surface area (Å²) in [7, 11) is 0. The molecule has 0 aliphatic heterocycles. The van der Waals surface area contributed by atoms with E-state index in [0.29, 0.717) is 45.1 Å². The highest BCUT2D eigenvalue weighted by molar-refractivity contribution is 5.91. The number of unbranched alkanes of at least 4 members (excludes halogenated alkanes) is 1. The lowest BCUT2D eigenvalue weighted by Crippen LogP contribution is -2.62. The second-order valence-corrected chi connectivity index (χ2v) is 19.5. The summed E-state index contributed by atoms with van der Waals surface area (Å²) in [5, 5.41) is 73.8. The number of nitrogens with one attached hydrogen (secondary N) is 1. The van der Waals surface area contributed by atoms with Crippen molar-refractivity contribution < 1.29 is 74.0 Å². The number of ether oxygens (including phenoxy) is 1. The SMILES string of the molecule is C[C@H](CCC(=O)N[C@@H](CCCCN)C(=O)OC(=O)CN(CCN(CC(=O)O)CC(=O)O)CCN(CC(=O)O)CC(=O)O)[C@H]1CCC2C3C(C[C@H](O)[C@@]21C)[C@@]1(C)CC[C@@H](O)C[C@H]1C[C@H]3O. The van der Waals surface area contributed by atoms with E-state index in [2.05, 4.69) is 26.1 Å². The average molecular weight is 912 g/mol. The number of carboxylic acid groups (broad SMARTS) is 4. The molecule has 0 heterocycles. The number of amides is 1. The Kier molecular flexibility index (Phi) is 19.5. The van der Waals surface area contributed by atoms with Crippen LogP contribution in [-0.2, 0) is 38.3 Å². The van der Waals surface area contributed by atoms with Gasteiger partial charge in [0.1, 0.15) is 6.04 Å². The molecule has 0 aromatic carbocycles. The summed E-state index contributed by atoms with van der Waals surface area (Å²) < 4.78 is 5.21. The van der Waals surface area contributed by atoms with Gasteiger partial charge in [0.2, 0.25) is 5.91 Å². The van der Waals surface area contributed by atoms with Gasteiger partial charge < -0.3 is 51.5 Å². The molecule has 0 radical (unpaired) electrons. The molecule has 20 heteroatoms. The van der Waals surface area contributed by atoms with Gasteiger partial charge in [0.05, 0.1) is 51.0 Å². The lowest BCUT2D eigenvalue weighted by atomic mass is 9.43. The van der Waals surface area contributed by atoms with Gasteiger partial charge in [0.15, 0.2) is 0 Å². The van der Waals surface area contributed by atoms with Gasteiger partial charge in [-0.2, -0.15) is 0 Å². The number of hydrogen-bond acceptors (Lipinski definition) is 15. The fourth-order valence-corrected chi connectivity index (χ4v) is 12.1. The van der Waals surface area contributed by atoms with E-state index in [4.69, 9.17) is 10.5 Å². The van der Waals surface area contributed by atoms with Gasteiger partial charge in [-0.25, -0.2) is 4.79 Å². The van der Waals surface area contributed by atoms with E-state index in [1.54, 1.807) is 0 Å². The molecule has 0 spiro atoms. The maximum atomic E-state index is 13.5. The summed E-state index contributed by atoms with van der Waals surface area (Å²) >= 11 is 0. The van der Waals surface area contributed by atoms with E-state index in [1.807, 2.05) is 0 Å². The van der Waals surface area contributed by atoms with Crippen molar-refractivity contribution in [3.8, 4) is 0 Å². The molecule has 0 bridgehead atoms. The van der Waals surface area contributed by atoms with Crippen LogP contribution in [0.2, 0.25) is 0 Å². The fraction of sp³-hybridized carbons (Fsp3) is 0.841.